The molecule has 1 saturated carbocycles. The molecule has 1 N–H and O–H groups in total. The summed E-state index contributed by atoms with van der Waals surface area (Å²) in [7, 11) is 0. The van der Waals surface area contributed by atoms with Crippen molar-refractivity contribution >= 4 is 11.8 Å². The monoisotopic (exact) mass is 343 g/mol. The molecule has 25 heavy (non-hydrogen) atoms. The lowest BCUT2D eigenvalue weighted by atomic mass is 9.93. The molecule has 1 atom stereocenters. The summed E-state index contributed by atoms with van der Waals surface area (Å²) < 4.78 is 0. The number of pyridine rings is 1. The van der Waals surface area contributed by atoms with Crippen molar-refractivity contribution in [2.75, 3.05) is 13.1 Å². The number of amides is 2. The Hall–Kier alpha value is -1.91. The molecule has 5 heteroatoms. The van der Waals surface area contributed by atoms with Gasteiger partial charge in [0.2, 0.25) is 11.8 Å². The van der Waals surface area contributed by atoms with E-state index in [9.17, 15) is 9.59 Å². The quantitative estimate of drug-likeness (QED) is 0.836. The van der Waals surface area contributed by atoms with Crippen LogP contribution in [0.2, 0.25) is 0 Å². The molecule has 1 saturated heterocycles. The second kappa shape index (κ2) is 8.97. The van der Waals surface area contributed by atoms with Crippen LogP contribution in [0.5, 0.6) is 0 Å². The van der Waals surface area contributed by atoms with E-state index in [0.717, 1.165) is 19.3 Å². The molecule has 1 aromatic rings. The molecule has 0 radical (unpaired) electrons. The predicted octanol–water partition coefficient (Wildman–Crippen LogP) is 2.70. The van der Waals surface area contributed by atoms with Gasteiger partial charge in [0, 0.05) is 37.9 Å². The molecule has 3 rings (SSSR count). The minimum atomic E-state index is -0.0570. The van der Waals surface area contributed by atoms with E-state index in [1.165, 1.54) is 31.2 Å². The first-order chi connectivity index (χ1) is 12.2. The van der Waals surface area contributed by atoms with Crippen LogP contribution in [-0.4, -0.2) is 40.8 Å². The van der Waals surface area contributed by atoms with Gasteiger partial charge in [-0.25, -0.2) is 0 Å². The Kier molecular flexibility index (Phi) is 6.42. The third-order valence-corrected chi connectivity index (χ3v) is 5.54. The minimum absolute atomic E-state index is 0.0570. The number of hydrogen-bond acceptors (Lipinski definition) is 3. The van der Waals surface area contributed by atoms with Crippen LogP contribution in [0.4, 0.5) is 0 Å². The Morgan fingerprint density at radius 1 is 1.12 bits per heavy atom. The number of nitrogens with zero attached hydrogens (tertiary/aromatic N) is 2. The molecular formula is C20H29N3O2. The van der Waals surface area contributed by atoms with Crippen molar-refractivity contribution < 1.29 is 9.59 Å². The normalized spacial score (nSPS) is 22.5. The highest BCUT2D eigenvalue weighted by molar-refractivity contribution is 5.84. The van der Waals surface area contributed by atoms with Crippen LogP contribution in [0, 0.1) is 5.92 Å². The Balaban J connectivity index is 1.49. The van der Waals surface area contributed by atoms with Crippen LogP contribution in [0.25, 0.3) is 0 Å². The van der Waals surface area contributed by atoms with Gasteiger partial charge in [-0.3, -0.25) is 14.6 Å². The van der Waals surface area contributed by atoms with E-state index in [1.807, 2.05) is 17.0 Å². The standard InChI is InChI=1S/C20H29N3O2/c24-19-8-7-17(15-23(19)18-5-3-1-2-4-6-18)20(25)22-14-11-16-9-12-21-13-10-16/h9-10,12-13,17-18H,1-8,11,14-15H2,(H,22,25)/t17-/m0/s1. The largest absolute Gasteiger partial charge is 0.355 e. The molecule has 136 valence electrons. The Labute approximate surface area is 150 Å². The summed E-state index contributed by atoms with van der Waals surface area (Å²) in [5, 5.41) is 3.05. The van der Waals surface area contributed by atoms with Crippen molar-refractivity contribution in [1.29, 1.82) is 0 Å². The van der Waals surface area contributed by atoms with Crippen molar-refractivity contribution in [3.63, 3.8) is 0 Å². The lowest BCUT2D eigenvalue weighted by molar-refractivity contribution is -0.141. The van der Waals surface area contributed by atoms with Crippen molar-refractivity contribution in [2.45, 2.75) is 63.8 Å². The van der Waals surface area contributed by atoms with E-state index in [0.29, 0.717) is 32.0 Å². The summed E-state index contributed by atoms with van der Waals surface area (Å²) >= 11 is 0. The van der Waals surface area contributed by atoms with E-state index in [4.69, 9.17) is 0 Å². The Morgan fingerprint density at radius 2 is 1.84 bits per heavy atom. The Morgan fingerprint density at radius 3 is 2.56 bits per heavy atom. The molecule has 0 spiro atoms. The number of piperidine rings is 1. The second-order valence-corrected chi connectivity index (χ2v) is 7.32. The maximum absolute atomic E-state index is 12.5. The molecule has 2 amide bonds. The fourth-order valence-electron chi connectivity index (χ4n) is 4.03. The highest BCUT2D eigenvalue weighted by atomic mass is 16.2. The van der Waals surface area contributed by atoms with E-state index in [1.54, 1.807) is 12.4 Å². The molecule has 2 heterocycles. The van der Waals surface area contributed by atoms with Crippen molar-refractivity contribution in [1.82, 2.24) is 15.2 Å². The number of hydrogen-bond donors (Lipinski definition) is 1. The number of carbonyl (C=O) groups excluding carboxylic acids is 2. The maximum atomic E-state index is 12.5. The van der Waals surface area contributed by atoms with Gasteiger partial charge in [0.1, 0.15) is 0 Å². The van der Waals surface area contributed by atoms with Crippen LogP contribution >= 0.6 is 0 Å². The first kappa shape index (κ1) is 17.9. The zero-order valence-corrected chi connectivity index (χ0v) is 15.0. The zero-order chi connectivity index (χ0) is 17.5. The van der Waals surface area contributed by atoms with Gasteiger partial charge in [-0.05, 0) is 43.4 Å². The van der Waals surface area contributed by atoms with Gasteiger partial charge < -0.3 is 10.2 Å². The van der Waals surface area contributed by atoms with Gasteiger partial charge in [-0.1, -0.05) is 25.7 Å². The molecule has 1 aliphatic carbocycles. The van der Waals surface area contributed by atoms with Gasteiger partial charge in [0.05, 0.1) is 5.92 Å². The average Bonchev–Trinajstić information content (AvgIpc) is 2.92. The summed E-state index contributed by atoms with van der Waals surface area (Å²) in [6.45, 7) is 1.24. The lowest BCUT2D eigenvalue weighted by Crippen LogP contribution is -2.50. The van der Waals surface area contributed by atoms with Crippen LogP contribution in [0.3, 0.4) is 0 Å². The Bertz CT molecular complexity index is 568. The number of aromatic nitrogens is 1. The smallest absolute Gasteiger partial charge is 0.224 e. The van der Waals surface area contributed by atoms with Crippen LogP contribution in [0.1, 0.15) is 56.9 Å². The third kappa shape index (κ3) is 5.03. The van der Waals surface area contributed by atoms with E-state index in [2.05, 4.69) is 10.3 Å². The highest BCUT2D eigenvalue weighted by Crippen LogP contribution is 2.27. The van der Waals surface area contributed by atoms with Crippen LogP contribution < -0.4 is 5.32 Å². The van der Waals surface area contributed by atoms with Gasteiger partial charge in [0.15, 0.2) is 0 Å². The number of likely N-dealkylation sites (tertiary alicyclic amines) is 1. The molecule has 1 aromatic heterocycles. The molecule has 0 aromatic carbocycles. The molecule has 1 aliphatic heterocycles. The summed E-state index contributed by atoms with van der Waals surface area (Å²) in [4.78, 5) is 30.9. The van der Waals surface area contributed by atoms with Crippen molar-refractivity contribution in [3.8, 4) is 0 Å². The molecular weight excluding hydrogens is 314 g/mol. The molecule has 2 aliphatic rings. The van der Waals surface area contributed by atoms with Gasteiger partial charge in [-0.15, -0.1) is 0 Å². The number of rotatable bonds is 5. The van der Waals surface area contributed by atoms with E-state index in [-0.39, 0.29) is 17.7 Å². The van der Waals surface area contributed by atoms with Gasteiger partial charge in [-0.2, -0.15) is 0 Å². The second-order valence-electron chi connectivity index (χ2n) is 7.32. The first-order valence-corrected chi connectivity index (χ1v) is 9.70. The highest BCUT2D eigenvalue weighted by Gasteiger charge is 2.34. The topological polar surface area (TPSA) is 62.3 Å². The van der Waals surface area contributed by atoms with Crippen LogP contribution in [-0.2, 0) is 16.0 Å². The number of nitrogens with one attached hydrogen (secondary N) is 1. The molecule has 0 unspecified atom stereocenters. The van der Waals surface area contributed by atoms with Gasteiger partial charge in [0.25, 0.3) is 0 Å². The average molecular weight is 343 g/mol. The van der Waals surface area contributed by atoms with E-state index < -0.39 is 0 Å². The minimum Gasteiger partial charge on any atom is -0.355 e. The SMILES string of the molecule is O=C(NCCc1ccncc1)[C@H]1CCC(=O)N(C2CCCCCC2)C1. The fraction of sp³-hybridized carbons (Fsp3) is 0.650. The zero-order valence-electron chi connectivity index (χ0n) is 15.0. The first-order valence-electron chi connectivity index (χ1n) is 9.70. The lowest BCUT2D eigenvalue weighted by Gasteiger charge is -2.37. The van der Waals surface area contributed by atoms with Crippen LogP contribution in [0.15, 0.2) is 24.5 Å². The molecule has 0 bridgehead atoms. The summed E-state index contributed by atoms with van der Waals surface area (Å²) in [5.74, 6) is 0.284. The summed E-state index contributed by atoms with van der Waals surface area (Å²) in [6.07, 6.45) is 12.7. The predicted molar refractivity (Wildman–Crippen MR) is 96.9 cm³/mol. The van der Waals surface area contributed by atoms with E-state index >= 15 is 0 Å². The maximum Gasteiger partial charge on any atom is 0.224 e. The third-order valence-electron chi connectivity index (χ3n) is 5.54. The number of carbonyl (C=O) groups is 2. The molecule has 5 nitrogen and oxygen atoms in total. The molecule has 2 fully saturated rings. The van der Waals surface area contributed by atoms with Crippen molar-refractivity contribution in [2.24, 2.45) is 5.92 Å². The fourth-order valence-corrected chi connectivity index (χ4v) is 4.03. The summed E-state index contributed by atoms with van der Waals surface area (Å²) in [6, 6.07) is 4.29. The summed E-state index contributed by atoms with van der Waals surface area (Å²) in [5.41, 5.74) is 1.18. The van der Waals surface area contributed by atoms with Gasteiger partial charge >= 0.3 is 0 Å². The van der Waals surface area contributed by atoms with Crippen molar-refractivity contribution in [3.05, 3.63) is 30.1 Å².